The Bertz CT molecular complexity index is 150. The van der Waals surface area contributed by atoms with E-state index in [1.165, 1.54) is 38.5 Å². The summed E-state index contributed by atoms with van der Waals surface area (Å²) in [6.07, 6.45) is 8.63. The molecule has 0 aromatic carbocycles. The van der Waals surface area contributed by atoms with Crippen LogP contribution in [0.1, 0.15) is 38.5 Å². The Balaban J connectivity index is 1.68. The molecule has 2 fully saturated rings. The van der Waals surface area contributed by atoms with Gasteiger partial charge >= 0.3 is 0 Å². The highest BCUT2D eigenvalue weighted by Crippen LogP contribution is 2.34. The van der Waals surface area contributed by atoms with Crippen LogP contribution in [0.4, 0.5) is 0 Å². The first kappa shape index (κ1) is 9.47. The second-order valence-corrected chi connectivity index (χ2v) is 4.54. The summed E-state index contributed by atoms with van der Waals surface area (Å²) >= 11 is 0. The quantitative estimate of drug-likeness (QED) is 0.703. The SMILES string of the molecule is CNC(CC1CC1)CC1CCCO1. The van der Waals surface area contributed by atoms with Crippen LogP contribution in [0.15, 0.2) is 0 Å². The van der Waals surface area contributed by atoms with Gasteiger partial charge in [-0.2, -0.15) is 0 Å². The fraction of sp³-hybridized carbons (Fsp3) is 1.00. The van der Waals surface area contributed by atoms with Gasteiger partial charge in [0, 0.05) is 12.6 Å². The Hall–Kier alpha value is -0.0800. The van der Waals surface area contributed by atoms with Crippen LogP contribution < -0.4 is 5.32 Å². The molecular weight excluding hydrogens is 162 g/mol. The largest absolute Gasteiger partial charge is 0.378 e. The van der Waals surface area contributed by atoms with Gasteiger partial charge in [0.25, 0.3) is 0 Å². The summed E-state index contributed by atoms with van der Waals surface area (Å²) in [5.41, 5.74) is 0. The molecular formula is C11H21NO. The second-order valence-electron chi connectivity index (χ2n) is 4.54. The zero-order chi connectivity index (χ0) is 9.10. The van der Waals surface area contributed by atoms with E-state index >= 15 is 0 Å². The van der Waals surface area contributed by atoms with Crippen LogP contribution in [0, 0.1) is 5.92 Å². The van der Waals surface area contributed by atoms with E-state index in [0.717, 1.165) is 12.5 Å². The molecule has 76 valence electrons. The lowest BCUT2D eigenvalue weighted by atomic mass is 10.0. The molecule has 2 rings (SSSR count). The third-order valence-corrected chi connectivity index (χ3v) is 3.29. The van der Waals surface area contributed by atoms with Crippen molar-refractivity contribution < 1.29 is 4.74 Å². The van der Waals surface area contributed by atoms with Gasteiger partial charge in [-0.15, -0.1) is 0 Å². The van der Waals surface area contributed by atoms with E-state index in [0.29, 0.717) is 12.1 Å². The van der Waals surface area contributed by atoms with Crippen molar-refractivity contribution >= 4 is 0 Å². The van der Waals surface area contributed by atoms with Gasteiger partial charge in [0.15, 0.2) is 0 Å². The van der Waals surface area contributed by atoms with E-state index in [4.69, 9.17) is 4.74 Å². The minimum Gasteiger partial charge on any atom is -0.378 e. The minimum atomic E-state index is 0.552. The molecule has 0 amide bonds. The highest BCUT2D eigenvalue weighted by Gasteiger charge is 2.27. The fourth-order valence-electron chi connectivity index (χ4n) is 2.24. The summed E-state index contributed by atoms with van der Waals surface area (Å²) in [5.74, 6) is 1.03. The van der Waals surface area contributed by atoms with Crippen LogP contribution in [-0.2, 0) is 4.74 Å². The minimum absolute atomic E-state index is 0.552. The van der Waals surface area contributed by atoms with Crippen molar-refractivity contribution in [2.24, 2.45) is 5.92 Å². The average Bonchev–Trinajstić information content (AvgIpc) is 2.80. The highest BCUT2D eigenvalue weighted by atomic mass is 16.5. The molecule has 0 bridgehead atoms. The molecule has 2 nitrogen and oxygen atoms in total. The van der Waals surface area contributed by atoms with Crippen molar-refractivity contribution in [3.63, 3.8) is 0 Å². The standard InChI is InChI=1S/C11H21NO/c1-12-10(7-9-4-5-9)8-11-3-2-6-13-11/h9-12H,2-8H2,1H3. The van der Waals surface area contributed by atoms with Gasteiger partial charge in [-0.3, -0.25) is 0 Å². The molecule has 13 heavy (non-hydrogen) atoms. The molecule has 2 aliphatic rings. The van der Waals surface area contributed by atoms with E-state index in [1.807, 2.05) is 0 Å². The molecule has 1 aliphatic heterocycles. The number of ether oxygens (including phenoxy) is 1. The highest BCUT2D eigenvalue weighted by molar-refractivity contribution is 4.82. The van der Waals surface area contributed by atoms with Gasteiger partial charge in [0.1, 0.15) is 0 Å². The van der Waals surface area contributed by atoms with Crippen molar-refractivity contribution in [2.45, 2.75) is 50.7 Å². The van der Waals surface area contributed by atoms with Crippen LogP contribution in [0.2, 0.25) is 0 Å². The van der Waals surface area contributed by atoms with Gasteiger partial charge < -0.3 is 10.1 Å². The summed E-state index contributed by atoms with van der Waals surface area (Å²) in [6.45, 7) is 0.991. The summed E-state index contributed by atoms with van der Waals surface area (Å²) in [4.78, 5) is 0. The van der Waals surface area contributed by atoms with Crippen molar-refractivity contribution in [3.05, 3.63) is 0 Å². The zero-order valence-electron chi connectivity index (χ0n) is 8.59. The molecule has 0 aromatic rings. The van der Waals surface area contributed by atoms with Crippen molar-refractivity contribution in [1.29, 1.82) is 0 Å². The first-order chi connectivity index (χ1) is 6.38. The van der Waals surface area contributed by atoms with Crippen LogP contribution in [0.3, 0.4) is 0 Å². The van der Waals surface area contributed by atoms with E-state index in [1.54, 1.807) is 0 Å². The van der Waals surface area contributed by atoms with Gasteiger partial charge in [-0.05, 0) is 38.6 Å². The monoisotopic (exact) mass is 183 g/mol. The van der Waals surface area contributed by atoms with Gasteiger partial charge in [0.2, 0.25) is 0 Å². The Morgan fingerprint density at radius 3 is 2.69 bits per heavy atom. The molecule has 1 saturated carbocycles. The van der Waals surface area contributed by atoms with Crippen molar-refractivity contribution in [1.82, 2.24) is 5.32 Å². The Morgan fingerprint density at radius 2 is 2.15 bits per heavy atom. The first-order valence-corrected chi connectivity index (χ1v) is 5.67. The first-order valence-electron chi connectivity index (χ1n) is 5.67. The maximum Gasteiger partial charge on any atom is 0.0590 e. The van der Waals surface area contributed by atoms with Crippen LogP contribution >= 0.6 is 0 Å². The lowest BCUT2D eigenvalue weighted by Gasteiger charge is -2.19. The predicted octanol–water partition coefficient (Wildman–Crippen LogP) is 1.94. The Labute approximate surface area is 81.0 Å². The van der Waals surface area contributed by atoms with Crippen molar-refractivity contribution in [2.75, 3.05) is 13.7 Å². The zero-order valence-corrected chi connectivity index (χ0v) is 8.59. The van der Waals surface area contributed by atoms with E-state index in [-0.39, 0.29) is 0 Å². The topological polar surface area (TPSA) is 21.3 Å². The van der Waals surface area contributed by atoms with Gasteiger partial charge in [-0.1, -0.05) is 12.8 Å². The molecule has 1 saturated heterocycles. The lowest BCUT2D eigenvalue weighted by Crippen LogP contribution is -2.30. The fourth-order valence-corrected chi connectivity index (χ4v) is 2.24. The van der Waals surface area contributed by atoms with Crippen LogP contribution in [0.5, 0.6) is 0 Å². The molecule has 1 heterocycles. The summed E-state index contributed by atoms with van der Waals surface area (Å²) < 4.78 is 5.65. The van der Waals surface area contributed by atoms with Crippen LogP contribution in [-0.4, -0.2) is 25.8 Å². The Morgan fingerprint density at radius 1 is 1.31 bits per heavy atom. The third kappa shape index (κ3) is 2.96. The molecule has 2 unspecified atom stereocenters. The molecule has 0 aromatic heterocycles. The van der Waals surface area contributed by atoms with E-state index < -0.39 is 0 Å². The number of rotatable bonds is 5. The van der Waals surface area contributed by atoms with Crippen molar-refractivity contribution in [3.8, 4) is 0 Å². The maximum absolute atomic E-state index is 5.65. The summed E-state index contributed by atoms with van der Waals surface area (Å²) in [5, 5.41) is 3.42. The second kappa shape index (κ2) is 4.43. The average molecular weight is 183 g/mol. The molecule has 0 spiro atoms. The number of nitrogens with one attached hydrogen (secondary N) is 1. The molecule has 1 aliphatic carbocycles. The molecule has 1 N–H and O–H groups in total. The van der Waals surface area contributed by atoms with Crippen LogP contribution in [0.25, 0.3) is 0 Å². The molecule has 2 atom stereocenters. The van der Waals surface area contributed by atoms with Gasteiger partial charge in [0.05, 0.1) is 6.10 Å². The van der Waals surface area contributed by atoms with Gasteiger partial charge in [-0.25, -0.2) is 0 Å². The van der Waals surface area contributed by atoms with E-state index in [2.05, 4.69) is 12.4 Å². The number of hydrogen-bond acceptors (Lipinski definition) is 2. The Kier molecular flexibility index (Phi) is 3.23. The smallest absolute Gasteiger partial charge is 0.0590 e. The molecule has 0 radical (unpaired) electrons. The molecule has 2 heteroatoms. The summed E-state index contributed by atoms with van der Waals surface area (Å²) in [7, 11) is 2.09. The third-order valence-electron chi connectivity index (χ3n) is 3.29. The van der Waals surface area contributed by atoms with E-state index in [9.17, 15) is 0 Å². The maximum atomic E-state index is 5.65. The number of hydrogen-bond donors (Lipinski definition) is 1. The summed E-state index contributed by atoms with van der Waals surface area (Å²) in [6, 6.07) is 0.704. The predicted molar refractivity (Wildman–Crippen MR) is 53.8 cm³/mol. The lowest BCUT2D eigenvalue weighted by molar-refractivity contribution is 0.0938. The normalized spacial score (nSPS) is 30.7.